The summed E-state index contributed by atoms with van der Waals surface area (Å²) in [5.74, 6) is 6.20. The molecule has 0 aliphatic rings. The van der Waals surface area contributed by atoms with Gasteiger partial charge in [-0.3, -0.25) is 14.5 Å². The maximum absolute atomic E-state index is 13.4. The van der Waals surface area contributed by atoms with Crippen LogP contribution in [0.1, 0.15) is 45.7 Å². The molecule has 10 nitrogen and oxygen atoms in total. The lowest BCUT2D eigenvalue weighted by molar-refractivity contribution is 0.0942. The minimum atomic E-state index is -0.438. The normalized spacial score (nSPS) is 11.8. The van der Waals surface area contributed by atoms with Crippen molar-refractivity contribution in [3.05, 3.63) is 101 Å². The Hall–Kier alpha value is -5.56. The van der Waals surface area contributed by atoms with E-state index in [9.17, 15) is 4.79 Å². The molecule has 1 unspecified atom stereocenters. The van der Waals surface area contributed by atoms with Gasteiger partial charge >= 0.3 is 0 Å². The molecule has 0 bridgehead atoms. The number of aryl methyl sites for hydroxylation is 1. The van der Waals surface area contributed by atoms with Gasteiger partial charge in [-0.05, 0) is 32.0 Å². The largest absolute Gasteiger partial charge is 0.381 e. The van der Waals surface area contributed by atoms with Gasteiger partial charge in [-0.2, -0.15) is 5.10 Å². The molecule has 196 valence electrons. The van der Waals surface area contributed by atoms with Gasteiger partial charge in [-0.15, -0.1) is 5.10 Å². The molecule has 0 saturated heterocycles. The van der Waals surface area contributed by atoms with Crippen molar-refractivity contribution in [1.82, 2.24) is 39.7 Å². The van der Waals surface area contributed by atoms with Crippen molar-refractivity contribution in [2.75, 3.05) is 5.73 Å². The minimum Gasteiger partial charge on any atom is -0.381 e. The number of carbonyl (C=O) groups is 1. The highest BCUT2D eigenvalue weighted by atomic mass is 16.1. The fraction of sp³-hybridized carbons (Fsp3) is 0.133. The molecule has 1 amide bonds. The summed E-state index contributed by atoms with van der Waals surface area (Å²) in [4.78, 5) is 27.3. The monoisotopic (exact) mass is 527 g/mol. The third-order valence-corrected chi connectivity index (χ3v) is 6.82. The molecule has 1 aromatic carbocycles. The van der Waals surface area contributed by atoms with E-state index < -0.39 is 6.04 Å². The highest BCUT2D eigenvalue weighted by Gasteiger charge is 2.23. The first-order valence-electron chi connectivity index (χ1n) is 12.7. The maximum Gasteiger partial charge on any atom is 0.259 e. The molecule has 3 N–H and O–H groups in total. The summed E-state index contributed by atoms with van der Waals surface area (Å²) in [6, 6.07) is 14.9. The van der Waals surface area contributed by atoms with E-state index in [1.165, 1.54) is 4.52 Å². The number of amides is 1. The predicted octanol–water partition coefficient (Wildman–Crippen LogP) is 3.85. The van der Waals surface area contributed by atoms with E-state index in [2.05, 4.69) is 37.3 Å². The van der Waals surface area contributed by atoms with Gasteiger partial charge in [0.1, 0.15) is 11.1 Å². The molecule has 0 spiro atoms. The van der Waals surface area contributed by atoms with Crippen LogP contribution in [0.3, 0.4) is 0 Å². The van der Waals surface area contributed by atoms with Gasteiger partial charge in [0.15, 0.2) is 11.5 Å². The SMILES string of the molecule is Cc1c(C#Cc2ccnc3cc(C(C)NC(=O)c4c(N)nn5cccnc45)c(-c4ccccc4)nc23)cnn1C. The van der Waals surface area contributed by atoms with Gasteiger partial charge in [-0.25, -0.2) is 14.5 Å². The molecular weight excluding hydrogens is 502 g/mol. The average Bonchev–Trinajstić information content (AvgIpc) is 3.48. The third-order valence-electron chi connectivity index (χ3n) is 6.82. The van der Waals surface area contributed by atoms with Crippen LogP contribution in [0, 0.1) is 18.8 Å². The zero-order valence-corrected chi connectivity index (χ0v) is 22.1. The van der Waals surface area contributed by atoms with Gasteiger partial charge in [0.2, 0.25) is 0 Å². The van der Waals surface area contributed by atoms with Crippen LogP contribution in [0.4, 0.5) is 5.82 Å². The van der Waals surface area contributed by atoms with Crippen LogP contribution in [0.5, 0.6) is 0 Å². The molecule has 5 heterocycles. The summed E-state index contributed by atoms with van der Waals surface area (Å²) in [5.41, 5.74) is 13.1. The first kappa shape index (κ1) is 24.8. The lowest BCUT2D eigenvalue weighted by Crippen LogP contribution is -2.28. The van der Waals surface area contributed by atoms with Gasteiger partial charge in [0.05, 0.1) is 40.3 Å². The average molecular weight is 528 g/mol. The van der Waals surface area contributed by atoms with Gasteiger partial charge in [0.25, 0.3) is 5.91 Å². The summed E-state index contributed by atoms with van der Waals surface area (Å²) in [5, 5.41) is 11.5. The highest BCUT2D eigenvalue weighted by molar-refractivity contribution is 6.04. The maximum atomic E-state index is 13.4. The topological polar surface area (TPSA) is 129 Å². The van der Waals surface area contributed by atoms with Crippen molar-refractivity contribution in [3.8, 4) is 23.1 Å². The van der Waals surface area contributed by atoms with E-state index in [-0.39, 0.29) is 17.3 Å². The van der Waals surface area contributed by atoms with Crippen molar-refractivity contribution in [3.63, 3.8) is 0 Å². The van der Waals surface area contributed by atoms with Crippen molar-refractivity contribution in [2.24, 2.45) is 7.05 Å². The number of carbonyl (C=O) groups excluding carboxylic acids is 1. The number of nitrogens with zero attached hydrogens (tertiary/aromatic N) is 7. The Bertz CT molecular complexity index is 1960. The van der Waals surface area contributed by atoms with Crippen LogP contribution in [-0.2, 0) is 7.05 Å². The standard InChI is InChI=1S/C30H25N9O/c1-18(35-30(40)25-28(31)37-39-15-7-13-33-29(25)39)23-16-24-27(36-26(23)20-8-5-4-6-9-20)21(12-14-32-24)10-11-22-17-34-38(3)19(22)2/h4-9,12-18H,1-3H3,(H2,31,37)(H,35,40). The number of nitrogens with one attached hydrogen (secondary N) is 1. The second kappa shape index (κ2) is 9.96. The Labute approximate surface area is 229 Å². The molecule has 5 aromatic heterocycles. The number of aromatic nitrogens is 7. The van der Waals surface area contributed by atoms with Crippen LogP contribution in [0.2, 0.25) is 0 Å². The fourth-order valence-corrected chi connectivity index (χ4v) is 4.57. The number of hydrogen-bond acceptors (Lipinski definition) is 7. The van der Waals surface area contributed by atoms with E-state index in [0.717, 1.165) is 33.6 Å². The molecule has 6 rings (SSSR count). The Morgan fingerprint density at radius 2 is 1.85 bits per heavy atom. The number of rotatable bonds is 4. The quantitative estimate of drug-likeness (QED) is 0.333. The third kappa shape index (κ3) is 4.39. The summed E-state index contributed by atoms with van der Waals surface area (Å²) in [6.07, 6.45) is 6.76. The fourth-order valence-electron chi connectivity index (χ4n) is 4.57. The van der Waals surface area contributed by atoms with Crippen LogP contribution >= 0.6 is 0 Å². The molecule has 40 heavy (non-hydrogen) atoms. The van der Waals surface area contributed by atoms with Crippen LogP contribution in [0.15, 0.2) is 73.3 Å². The van der Waals surface area contributed by atoms with Crippen molar-refractivity contribution >= 4 is 28.4 Å². The second-order valence-corrected chi connectivity index (χ2v) is 9.38. The summed E-state index contributed by atoms with van der Waals surface area (Å²) >= 11 is 0. The summed E-state index contributed by atoms with van der Waals surface area (Å²) in [6.45, 7) is 3.88. The molecule has 10 heteroatoms. The smallest absolute Gasteiger partial charge is 0.259 e. The number of pyridine rings is 2. The van der Waals surface area contributed by atoms with Crippen LogP contribution in [0.25, 0.3) is 27.9 Å². The van der Waals surface area contributed by atoms with Crippen molar-refractivity contribution in [1.29, 1.82) is 0 Å². The van der Waals surface area contributed by atoms with Crippen molar-refractivity contribution < 1.29 is 4.79 Å². The highest BCUT2D eigenvalue weighted by Crippen LogP contribution is 2.31. The zero-order valence-electron chi connectivity index (χ0n) is 22.1. The first-order valence-corrected chi connectivity index (χ1v) is 12.7. The Balaban J connectivity index is 1.43. The Kier molecular flexibility index (Phi) is 6.16. The summed E-state index contributed by atoms with van der Waals surface area (Å²) in [7, 11) is 1.89. The predicted molar refractivity (Wildman–Crippen MR) is 152 cm³/mol. The molecule has 0 aliphatic heterocycles. The molecule has 6 aromatic rings. The van der Waals surface area contributed by atoms with E-state index >= 15 is 0 Å². The zero-order chi connectivity index (χ0) is 27.8. The number of fused-ring (bicyclic) bond motifs is 2. The van der Waals surface area contributed by atoms with Crippen LogP contribution in [-0.4, -0.2) is 40.3 Å². The van der Waals surface area contributed by atoms with Gasteiger partial charge in [-0.1, -0.05) is 42.2 Å². The van der Waals surface area contributed by atoms with E-state index in [1.54, 1.807) is 35.5 Å². The lowest BCUT2D eigenvalue weighted by Gasteiger charge is -2.19. The number of benzene rings is 1. The van der Waals surface area contributed by atoms with Crippen LogP contribution < -0.4 is 11.1 Å². The number of anilines is 1. The van der Waals surface area contributed by atoms with Gasteiger partial charge < -0.3 is 11.1 Å². The summed E-state index contributed by atoms with van der Waals surface area (Å²) < 4.78 is 3.28. The molecule has 0 radical (unpaired) electrons. The van der Waals surface area contributed by atoms with Gasteiger partial charge in [0, 0.05) is 36.8 Å². The molecule has 0 fully saturated rings. The first-order chi connectivity index (χ1) is 19.4. The lowest BCUT2D eigenvalue weighted by atomic mass is 9.98. The Morgan fingerprint density at radius 1 is 1.05 bits per heavy atom. The van der Waals surface area contributed by atoms with Crippen molar-refractivity contribution in [2.45, 2.75) is 19.9 Å². The number of nitrogen functional groups attached to an aromatic ring is 1. The molecule has 0 saturated carbocycles. The Morgan fingerprint density at radius 3 is 2.62 bits per heavy atom. The number of nitrogens with two attached hydrogens (primary N) is 1. The molecule has 1 atom stereocenters. The minimum absolute atomic E-state index is 0.108. The van der Waals surface area contributed by atoms with E-state index in [1.807, 2.05) is 63.4 Å². The second-order valence-electron chi connectivity index (χ2n) is 9.38. The molecule has 0 aliphatic carbocycles. The van der Waals surface area contributed by atoms with E-state index in [0.29, 0.717) is 16.7 Å². The molecular formula is C30H25N9O. The van der Waals surface area contributed by atoms with E-state index in [4.69, 9.17) is 10.7 Å². The number of hydrogen-bond donors (Lipinski definition) is 2.